The molecule has 1 atom stereocenters. The molecule has 0 spiro atoms. The second-order valence-corrected chi connectivity index (χ2v) is 6.38. The van der Waals surface area contributed by atoms with Crippen molar-refractivity contribution in [1.29, 1.82) is 0 Å². The van der Waals surface area contributed by atoms with Crippen molar-refractivity contribution in [3.05, 3.63) is 21.7 Å². The van der Waals surface area contributed by atoms with E-state index in [1.807, 2.05) is 0 Å². The minimum Gasteiger partial charge on any atom is -0.493 e. The summed E-state index contributed by atoms with van der Waals surface area (Å²) in [5.74, 6) is 2.02. The van der Waals surface area contributed by atoms with Gasteiger partial charge in [-0.25, -0.2) is 0 Å². The lowest BCUT2D eigenvalue weighted by Crippen LogP contribution is -2.28. The minimum absolute atomic E-state index is 0.414. The Hall–Kier alpha value is -0.740. The van der Waals surface area contributed by atoms with Crippen LogP contribution in [0.15, 0.2) is 10.5 Å². The molecule has 1 fully saturated rings. The van der Waals surface area contributed by atoms with Crippen molar-refractivity contribution in [2.45, 2.75) is 45.1 Å². The average Bonchev–Trinajstić information content (AvgIpc) is 2.46. The van der Waals surface area contributed by atoms with Gasteiger partial charge in [0.05, 0.1) is 18.7 Å². The van der Waals surface area contributed by atoms with E-state index in [-0.39, 0.29) is 0 Å². The minimum atomic E-state index is 0.414. The number of piperidine rings is 1. The van der Waals surface area contributed by atoms with E-state index in [9.17, 15) is 0 Å². The Balaban J connectivity index is 2.55. The Bertz CT molecular complexity index is 468. The number of benzene rings is 1. The zero-order valence-corrected chi connectivity index (χ0v) is 14.3. The van der Waals surface area contributed by atoms with Crippen LogP contribution in [0.4, 0.5) is 0 Å². The van der Waals surface area contributed by atoms with Gasteiger partial charge in [-0.2, -0.15) is 0 Å². The van der Waals surface area contributed by atoms with Crippen LogP contribution in [-0.4, -0.2) is 20.8 Å². The predicted octanol–water partition coefficient (Wildman–Crippen LogP) is 4.40. The van der Waals surface area contributed by atoms with Crippen LogP contribution in [0.2, 0.25) is 0 Å². The van der Waals surface area contributed by atoms with Crippen molar-refractivity contribution < 1.29 is 9.47 Å². The van der Waals surface area contributed by atoms with Crippen LogP contribution in [0.3, 0.4) is 0 Å². The fraction of sp³-hybridized carbons (Fsp3) is 0.625. The summed E-state index contributed by atoms with van der Waals surface area (Å²) in [5, 5.41) is 3.63. The van der Waals surface area contributed by atoms with Crippen LogP contribution in [0.1, 0.15) is 56.2 Å². The maximum absolute atomic E-state index is 5.51. The van der Waals surface area contributed by atoms with Gasteiger partial charge in [-0.05, 0) is 58.4 Å². The third-order valence-electron chi connectivity index (χ3n) is 3.94. The molecule has 0 radical (unpaired) electrons. The molecule has 0 aromatic heterocycles. The lowest BCUT2D eigenvalue weighted by atomic mass is 9.88. The smallest absolute Gasteiger partial charge is 0.175 e. The molecule has 0 bridgehead atoms. The quantitative estimate of drug-likeness (QED) is 0.880. The van der Waals surface area contributed by atoms with Crippen molar-refractivity contribution >= 4 is 15.9 Å². The fourth-order valence-corrected chi connectivity index (χ4v) is 4.02. The highest BCUT2D eigenvalue weighted by molar-refractivity contribution is 9.10. The maximum atomic E-state index is 5.51. The van der Waals surface area contributed by atoms with Gasteiger partial charge in [0, 0.05) is 6.04 Å². The van der Waals surface area contributed by atoms with Gasteiger partial charge in [0.1, 0.15) is 0 Å². The summed E-state index contributed by atoms with van der Waals surface area (Å²) in [7, 11) is 3.38. The molecule has 1 aliphatic heterocycles. The molecule has 1 aromatic rings. The molecule has 1 aromatic carbocycles. The first-order valence-corrected chi connectivity index (χ1v) is 8.07. The highest BCUT2D eigenvalue weighted by atomic mass is 79.9. The van der Waals surface area contributed by atoms with Gasteiger partial charge in [-0.3, -0.25) is 0 Å². The molecule has 1 N–H and O–H groups in total. The predicted molar refractivity (Wildman–Crippen MR) is 85.9 cm³/mol. The second-order valence-electron chi connectivity index (χ2n) is 5.59. The van der Waals surface area contributed by atoms with Crippen molar-refractivity contribution in [3.63, 3.8) is 0 Å². The second kappa shape index (κ2) is 6.81. The van der Waals surface area contributed by atoms with Crippen molar-refractivity contribution in [2.75, 3.05) is 20.8 Å². The average molecular weight is 342 g/mol. The number of hydrogen-bond donors (Lipinski definition) is 1. The van der Waals surface area contributed by atoms with E-state index >= 15 is 0 Å². The van der Waals surface area contributed by atoms with E-state index in [1.165, 1.54) is 30.4 Å². The largest absolute Gasteiger partial charge is 0.493 e. The Morgan fingerprint density at radius 3 is 2.50 bits per heavy atom. The molecule has 4 heteroatoms. The van der Waals surface area contributed by atoms with Crippen molar-refractivity contribution in [3.8, 4) is 11.5 Å². The molecule has 3 nitrogen and oxygen atoms in total. The maximum Gasteiger partial charge on any atom is 0.175 e. The van der Waals surface area contributed by atoms with E-state index in [4.69, 9.17) is 9.47 Å². The van der Waals surface area contributed by atoms with Crippen LogP contribution in [0.25, 0.3) is 0 Å². The molecule has 112 valence electrons. The van der Waals surface area contributed by atoms with E-state index in [1.54, 1.807) is 14.2 Å². The first-order valence-electron chi connectivity index (χ1n) is 7.27. The van der Waals surface area contributed by atoms with Gasteiger partial charge >= 0.3 is 0 Å². The summed E-state index contributed by atoms with van der Waals surface area (Å²) in [6.07, 6.45) is 3.73. The van der Waals surface area contributed by atoms with Gasteiger partial charge in [0.2, 0.25) is 0 Å². The van der Waals surface area contributed by atoms with E-state index in [0.717, 1.165) is 22.5 Å². The number of ether oxygens (including phenoxy) is 2. The Morgan fingerprint density at radius 1 is 1.25 bits per heavy atom. The number of methoxy groups -OCH3 is 2. The van der Waals surface area contributed by atoms with Gasteiger partial charge < -0.3 is 14.8 Å². The fourth-order valence-electron chi connectivity index (χ4n) is 2.98. The van der Waals surface area contributed by atoms with Crippen LogP contribution >= 0.6 is 15.9 Å². The molecule has 20 heavy (non-hydrogen) atoms. The summed E-state index contributed by atoms with van der Waals surface area (Å²) in [4.78, 5) is 0. The molecular weight excluding hydrogens is 318 g/mol. The van der Waals surface area contributed by atoms with E-state index in [0.29, 0.717) is 12.0 Å². The Labute approximate surface area is 130 Å². The zero-order chi connectivity index (χ0) is 14.7. The summed E-state index contributed by atoms with van der Waals surface area (Å²) in [5.41, 5.74) is 2.66. The third kappa shape index (κ3) is 2.96. The van der Waals surface area contributed by atoms with Crippen molar-refractivity contribution in [2.24, 2.45) is 0 Å². The molecule has 0 aliphatic carbocycles. The molecule has 1 heterocycles. The molecule has 1 aliphatic rings. The number of rotatable bonds is 4. The van der Waals surface area contributed by atoms with Crippen LogP contribution < -0.4 is 14.8 Å². The van der Waals surface area contributed by atoms with Crippen LogP contribution in [-0.2, 0) is 0 Å². The first-order chi connectivity index (χ1) is 9.60. The summed E-state index contributed by atoms with van der Waals surface area (Å²) >= 11 is 3.72. The third-order valence-corrected chi connectivity index (χ3v) is 4.73. The lowest BCUT2D eigenvalue weighted by Gasteiger charge is -2.29. The molecular formula is C16H24BrNO2. The lowest BCUT2D eigenvalue weighted by molar-refractivity contribution is 0.349. The Kier molecular flexibility index (Phi) is 5.33. The normalized spacial score (nSPS) is 19.2. The van der Waals surface area contributed by atoms with Gasteiger partial charge in [0.15, 0.2) is 11.5 Å². The Morgan fingerprint density at radius 2 is 2.00 bits per heavy atom. The van der Waals surface area contributed by atoms with Crippen LogP contribution in [0.5, 0.6) is 11.5 Å². The SMILES string of the molecule is COc1cc(C2CCCCN2)c(C(C)C)c(Br)c1OC. The number of hydrogen-bond acceptors (Lipinski definition) is 3. The standard InChI is InChI=1S/C16H24BrNO2/c1-10(2)14-11(12-7-5-6-8-18-12)9-13(19-3)16(20-4)15(14)17/h9-10,12,18H,5-8H2,1-4H3. The van der Waals surface area contributed by atoms with E-state index < -0.39 is 0 Å². The molecule has 0 amide bonds. The zero-order valence-electron chi connectivity index (χ0n) is 12.8. The monoisotopic (exact) mass is 341 g/mol. The highest BCUT2D eigenvalue weighted by Crippen LogP contribution is 2.45. The summed E-state index contributed by atoms with van der Waals surface area (Å²) in [6.45, 7) is 5.53. The molecule has 1 saturated heterocycles. The summed E-state index contributed by atoms with van der Waals surface area (Å²) < 4.78 is 12.0. The van der Waals surface area contributed by atoms with Crippen LogP contribution in [0, 0.1) is 0 Å². The highest BCUT2D eigenvalue weighted by Gasteiger charge is 2.25. The van der Waals surface area contributed by atoms with Gasteiger partial charge in [0.25, 0.3) is 0 Å². The van der Waals surface area contributed by atoms with Gasteiger partial charge in [-0.1, -0.05) is 20.3 Å². The summed E-state index contributed by atoms with van der Waals surface area (Å²) in [6, 6.07) is 2.55. The van der Waals surface area contributed by atoms with Gasteiger partial charge in [-0.15, -0.1) is 0 Å². The number of nitrogens with one attached hydrogen (secondary N) is 1. The van der Waals surface area contributed by atoms with Crippen molar-refractivity contribution in [1.82, 2.24) is 5.32 Å². The number of halogens is 1. The molecule has 1 unspecified atom stereocenters. The van der Waals surface area contributed by atoms with E-state index in [2.05, 4.69) is 41.2 Å². The molecule has 0 saturated carbocycles. The first kappa shape index (κ1) is 15.6. The topological polar surface area (TPSA) is 30.5 Å². The molecule has 2 rings (SSSR count).